The molecule has 0 amide bonds. The Balaban J connectivity index is 1.45. The Labute approximate surface area is 152 Å². The van der Waals surface area contributed by atoms with E-state index in [2.05, 4.69) is 37.9 Å². The summed E-state index contributed by atoms with van der Waals surface area (Å²) in [6, 6.07) is 4.08. The van der Waals surface area contributed by atoms with E-state index in [1.165, 1.54) is 17.6 Å². The zero-order chi connectivity index (χ0) is 17.9. The van der Waals surface area contributed by atoms with Gasteiger partial charge < -0.3 is 4.74 Å². The van der Waals surface area contributed by atoms with Crippen LogP contribution in [0.4, 0.5) is 0 Å². The van der Waals surface area contributed by atoms with Gasteiger partial charge in [-0.3, -0.25) is 14.6 Å². The molecule has 0 unspecified atom stereocenters. The van der Waals surface area contributed by atoms with Crippen LogP contribution in [0.1, 0.15) is 23.1 Å². The number of hydrogen-bond donors (Lipinski definition) is 0. The van der Waals surface area contributed by atoms with E-state index in [0.717, 1.165) is 36.5 Å². The van der Waals surface area contributed by atoms with E-state index in [4.69, 9.17) is 4.74 Å². The highest BCUT2D eigenvalue weighted by molar-refractivity contribution is 5.60. The Morgan fingerprint density at radius 2 is 1.96 bits per heavy atom. The molecule has 4 rings (SSSR count). The van der Waals surface area contributed by atoms with E-state index in [1.54, 1.807) is 12.4 Å². The van der Waals surface area contributed by atoms with Gasteiger partial charge in [0.15, 0.2) is 0 Å². The lowest BCUT2D eigenvalue weighted by atomic mass is 10.1. The van der Waals surface area contributed by atoms with Crippen LogP contribution >= 0.6 is 0 Å². The van der Waals surface area contributed by atoms with Crippen LogP contribution in [0.3, 0.4) is 0 Å². The minimum absolute atomic E-state index is 0.0122. The third-order valence-electron chi connectivity index (χ3n) is 4.89. The average molecular weight is 350 g/mol. The van der Waals surface area contributed by atoms with Gasteiger partial charge in [-0.1, -0.05) is 6.07 Å². The second-order valence-corrected chi connectivity index (χ2v) is 6.57. The maximum Gasteiger partial charge on any atom is 0.115 e. The highest BCUT2D eigenvalue weighted by Crippen LogP contribution is 2.24. The van der Waals surface area contributed by atoms with Crippen molar-refractivity contribution in [3.05, 3.63) is 60.2 Å². The SMILES string of the molecule is Cc1c(CN2CCO[C@H](c3ccc(-c4cncnc4)cn3)C2)cnn1C. The maximum absolute atomic E-state index is 5.96. The fourth-order valence-electron chi connectivity index (χ4n) is 3.18. The smallest absolute Gasteiger partial charge is 0.115 e. The van der Waals surface area contributed by atoms with Gasteiger partial charge in [0.1, 0.15) is 12.4 Å². The van der Waals surface area contributed by atoms with Gasteiger partial charge in [0.2, 0.25) is 0 Å². The lowest BCUT2D eigenvalue weighted by Crippen LogP contribution is -2.38. The van der Waals surface area contributed by atoms with Crippen molar-refractivity contribution < 1.29 is 4.74 Å². The normalized spacial score (nSPS) is 18.2. The molecule has 0 bridgehead atoms. The standard InChI is InChI=1S/C19H22N6O/c1-14-17(10-23-24(14)2)11-25-5-6-26-19(12-25)18-4-3-15(9-22-18)16-7-20-13-21-8-16/h3-4,7-10,13,19H,5-6,11-12H2,1-2H3/t19-/m0/s1. The summed E-state index contributed by atoms with van der Waals surface area (Å²) in [5.74, 6) is 0. The van der Waals surface area contributed by atoms with Gasteiger partial charge in [0.25, 0.3) is 0 Å². The summed E-state index contributed by atoms with van der Waals surface area (Å²) in [6.45, 7) is 5.45. The van der Waals surface area contributed by atoms with Crippen LogP contribution in [0.5, 0.6) is 0 Å². The van der Waals surface area contributed by atoms with Crippen molar-refractivity contribution in [2.75, 3.05) is 19.7 Å². The van der Waals surface area contributed by atoms with Gasteiger partial charge in [0.05, 0.1) is 18.5 Å². The molecule has 0 aliphatic carbocycles. The summed E-state index contributed by atoms with van der Waals surface area (Å²) in [7, 11) is 1.98. The summed E-state index contributed by atoms with van der Waals surface area (Å²) < 4.78 is 7.88. The predicted molar refractivity (Wildman–Crippen MR) is 97.2 cm³/mol. The molecule has 0 saturated carbocycles. The Morgan fingerprint density at radius 1 is 1.12 bits per heavy atom. The van der Waals surface area contributed by atoms with Crippen LogP contribution in [0.2, 0.25) is 0 Å². The molecule has 1 atom stereocenters. The molecule has 0 aromatic carbocycles. The van der Waals surface area contributed by atoms with Crippen molar-refractivity contribution >= 4 is 0 Å². The van der Waals surface area contributed by atoms with Crippen molar-refractivity contribution in [1.82, 2.24) is 29.6 Å². The zero-order valence-electron chi connectivity index (χ0n) is 15.0. The molecule has 4 heterocycles. The molecule has 1 fully saturated rings. The molecule has 1 saturated heterocycles. The first-order valence-electron chi connectivity index (χ1n) is 8.73. The molecule has 3 aromatic rings. The van der Waals surface area contributed by atoms with Crippen molar-refractivity contribution in [2.45, 2.75) is 19.6 Å². The fourth-order valence-corrected chi connectivity index (χ4v) is 3.18. The molecule has 7 heteroatoms. The van der Waals surface area contributed by atoms with Crippen LogP contribution in [-0.2, 0) is 18.3 Å². The molecule has 1 aliphatic heterocycles. The third-order valence-corrected chi connectivity index (χ3v) is 4.89. The quantitative estimate of drug-likeness (QED) is 0.718. The highest BCUT2D eigenvalue weighted by Gasteiger charge is 2.24. The van der Waals surface area contributed by atoms with E-state index in [0.29, 0.717) is 6.61 Å². The molecule has 0 spiro atoms. The Bertz CT molecular complexity index is 861. The Hall–Kier alpha value is -2.64. The minimum Gasteiger partial charge on any atom is -0.369 e. The summed E-state index contributed by atoms with van der Waals surface area (Å²) >= 11 is 0. The number of aryl methyl sites for hydroxylation is 1. The number of morpholine rings is 1. The Kier molecular flexibility index (Phi) is 4.73. The molecular weight excluding hydrogens is 328 g/mol. The van der Waals surface area contributed by atoms with Gasteiger partial charge in [-0.15, -0.1) is 0 Å². The number of ether oxygens (including phenoxy) is 1. The van der Waals surface area contributed by atoms with E-state index >= 15 is 0 Å². The number of hydrogen-bond acceptors (Lipinski definition) is 6. The van der Waals surface area contributed by atoms with Crippen LogP contribution in [0.25, 0.3) is 11.1 Å². The molecule has 0 radical (unpaired) electrons. The summed E-state index contributed by atoms with van der Waals surface area (Å²) in [6.07, 6.45) is 8.91. The van der Waals surface area contributed by atoms with Crippen LogP contribution in [-0.4, -0.2) is 49.3 Å². The number of nitrogens with zero attached hydrogens (tertiary/aromatic N) is 6. The summed E-state index contributed by atoms with van der Waals surface area (Å²) in [5, 5.41) is 4.33. The highest BCUT2D eigenvalue weighted by atomic mass is 16.5. The summed E-state index contributed by atoms with van der Waals surface area (Å²) in [5.41, 5.74) is 5.40. The van der Waals surface area contributed by atoms with E-state index < -0.39 is 0 Å². The van der Waals surface area contributed by atoms with Crippen molar-refractivity contribution in [2.24, 2.45) is 7.05 Å². The molecule has 7 nitrogen and oxygen atoms in total. The van der Waals surface area contributed by atoms with Crippen LogP contribution in [0.15, 0.2) is 43.2 Å². The first-order chi connectivity index (χ1) is 12.7. The number of rotatable bonds is 4. The van der Waals surface area contributed by atoms with E-state index in [9.17, 15) is 0 Å². The second-order valence-electron chi connectivity index (χ2n) is 6.57. The number of aromatic nitrogens is 5. The molecular formula is C19H22N6O. The molecule has 0 N–H and O–H groups in total. The molecule has 3 aromatic heterocycles. The molecule has 134 valence electrons. The zero-order valence-corrected chi connectivity index (χ0v) is 15.0. The lowest BCUT2D eigenvalue weighted by molar-refractivity contribution is -0.0350. The molecule has 1 aliphatic rings. The first-order valence-corrected chi connectivity index (χ1v) is 8.73. The average Bonchev–Trinajstić information content (AvgIpc) is 3.01. The topological polar surface area (TPSA) is 69.0 Å². The van der Waals surface area contributed by atoms with Crippen LogP contribution in [0, 0.1) is 6.92 Å². The second kappa shape index (κ2) is 7.31. The van der Waals surface area contributed by atoms with Gasteiger partial charge in [0, 0.05) is 67.7 Å². The minimum atomic E-state index is -0.0122. The maximum atomic E-state index is 5.96. The van der Waals surface area contributed by atoms with E-state index in [1.807, 2.05) is 30.2 Å². The lowest BCUT2D eigenvalue weighted by Gasteiger charge is -2.32. The van der Waals surface area contributed by atoms with Gasteiger partial charge >= 0.3 is 0 Å². The van der Waals surface area contributed by atoms with Gasteiger partial charge in [-0.05, 0) is 13.0 Å². The van der Waals surface area contributed by atoms with E-state index in [-0.39, 0.29) is 6.10 Å². The van der Waals surface area contributed by atoms with Crippen molar-refractivity contribution in [1.29, 1.82) is 0 Å². The predicted octanol–water partition coefficient (Wildman–Crippen LogP) is 2.15. The van der Waals surface area contributed by atoms with Crippen molar-refractivity contribution in [3.8, 4) is 11.1 Å². The fraction of sp³-hybridized carbons (Fsp3) is 0.368. The largest absolute Gasteiger partial charge is 0.369 e. The van der Waals surface area contributed by atoms with Gasteiger partial charge in [-0.25, -0.2) is 9.97 Å². The first kappa shape index (κ1) is 16.8. The summed E-state index contributed by atoms with van der Waals surface area (Å²) in [4.78, 5) is 15.1. The molecule has 26 heavy (non-hydrogen) atoms. The number of pyridine rings is 1. The third kappa shape index (κ3) is 3.49. The van der Waals surface area contributed by atoms with Gasteiger partial charge in [-0.2, -0.15) is 5.10 Å². The monoisotopic (exact) mass is 350 g/mol. The van der Waals surface area contributed by atoms with Crippen molar-refractivity contribution in [3.63, 3.8) is 0 Å². The van der Waals surface area contributed by atoms with Crippen LogP contribution < -0.4 is 0 Å². The Morgan fingerprint density at radius 3 is 2.65 bits per heavy atom.